The summed E-state index contributed by atoms with van der Waals surface area (Å²) < 4.78 is 11.3. The second-order valence-electron chi connectivity index (χ2n) is 11.8. The quantitative estimate of drug-likeness (QED) is 0.294. The van der Waals surface area contributed by atoms with Crippen LogP contribution in [0, 0.1) is 34.5 Å². The molecule has 5 fully saturated rings. The van der Waals surface area contributed by atoms with Gasteiger partial charge in [0.15, 0.2) is 6.29 Å². The smallest absolute Gasteiger partial charge is 0.547 e. The van der Waals surface area contributed by atoms with Gasteiger partial charge < -0.3 is 34.7 Å². The van der Waals surface area contributed by atoms with Crippen molar-refractivity contribution >= 4 is 11.8 Å². The summed E-state index contributed by atoms with van der Waals surface area (Å²) in [5.74, 6) is 0.993. The van der Waals surface area contributed by atoms with E-state index in [1.54, 1.807) is 0 Å². The van der Waals surface area contributed by atoms with Crippen LogP contribution in [0.5, 0.6) is 0 Å². The maximum atomic E-state index is 12.6. The number of aliphatic carboxylic acids is 1. The molecule has 0 unspecified atom stereocenters. The number of carboxylic acid groups (broad SMARTS) is 1. The van der Waals surface area contributed by atoms with Crippen molar-refractivity contribution in [1.82, 2.24) is 0 Å². The first-order chi connectivity index (χ1) is 15.6. The van der Waals surface area contributed by atoms with Gasteiger partial charge in [-0.3, -0.25) is 4.79 Å². The molecule has 1 heterocycles. The normalized spacial score (nSPS) is 52.7. The number of hydrogen-bond acceptors (Lipinski definition) is 8. The SMILES string of the molecule is C[C@]12CC[C@@H](O[C@@H]3O[C@H](C(=O)[O-])[C@@H](O)[C@H](O)[C@H]3O)C[C@H]1CC[C@@H]1[C@@H]2CC[C@]2(C)C(=O)CC[C@@H]12.[Na+]. The first-order valence-electron chi connectivity index (χ1n) is 12.7. The Balaban J connectivity index is 0.00000274. The molecule has 4 saturated carbocycles. The zero-order chi connectivity index (χ0) is 23.7. The van der Waals surface area contributed by atoms with Gasteiger partial charge in [-0.2, -0.15) is 0 Å². The van der Waals surface area contributed by atoms with E-state index in [2.05, 4.69) is 13.8 Å². The maximum absolute atomic E-state index is 12.6. The molecule has 3 N–H and O–H groups in total. The Bertz CT molecular complexity index is 808. The predicted molar refractivity (Wildman–Crippen MR) is 113 cm³/mol. The third kappa shape index (κ3) is 4.14. The fourth-order valence-corrected chi connectivity index (χ4v) is 8.46. The van der Waals surface area contributed by atoms with Crippen molar-refractivity contribution in [2.75, 3.05) is 0 Å². The van der Waals surface area contributed by atoms with Crippen LogP contribution in [0.15, 0.2) is 0 Å². The van der Waals surface area contributed by atoms with E-state index in [0.29, 0.717) is 29.5 Å². The van der Waals surface area contributed by atoms with Gasteiger partial charge in [-0.1, -0.05) is 13.8 Å². The minimum absolute atomic E-state index is 0. The average Bonchev–Trinajstić information content (AvgIpc) is 3.08. The van der Waals surface area contributed by atoms with E-state index in [-0.39, 0.29) is 46.5 Å². The summed E-state index contributed by atoms with van der Waals surface area (Å²) in [5.41, 5.74) is 0.0606. The molecule has 0 bridgehead atoms. The minimum Gasteiger partial charge on any atom is -0.547 e. The van der Waals surface area contributed by atoms with Gasteiger partial charge in [0, 0.05) is 11.8 Å². The van der Waals surface area contributed by atoms with E-state index in [9.17, 15) is 30.0 Å². The molecule has 4 aliphatic carbocycles. The monoisotopic (exact) mass is 488 g/mol. The van der Waals surface area contributed by atoms with Gasteiger partial charge in [0.25, 0.3) is 0 Å². The van der Waals surface area contributed by atoms with E-state index in [1.807, 2.05) is 0 Å². The molecule has 186 valence electrons. The number of ketones is 1. The van der Waals surface area contributed by atoms with Crippen LogP contribution >= 0.6 is 0 Å². The van der Waals surface area contributed by atoms with Crippen molar-refractivity contribution in [3.05, 3.63) is 0 Å². The molecule has 0 amide bonds. The van der Waals surface area contributed by atoms with Crippen molar-refractivity contribution in [2.24, 2.45) is 34.5 Å². The van der Waals surface area contributed by atoms with Gasteiger partial charge in [0.2, 0.25) is 0 Å². The van der Waals surface area contributed by atoms with Gasteiger partial charge in [-0.25, -0.2) is 0 Å². The number of carboxylic acids is 1. The van der Waals surface area contributed by atoms with Crippen LogP contribution in [0.3, 0.4) is 0 Å². The summed E-state index contributed by atoms with van der Waals surface area (Å²) >= 11 is 0. The number of rotatable bonds is 3. The largest absolute Gasteiger partial charge is 1.00 e. The molecule has 9 heteroatoms. The molecule has 0 spiro atoms. The molecule has 5 aliphatic rings. The third-order valence-corrected chi connectivity index (χ3v) is 10.5. The minimum atomic E-state index is -1.77. The van der Waals surface area contributed by atoms with Crippen molar-refractivity contribution < 1.29 is 69.0 Å². The van der Waals surface area contributed by atoms with Crippen molar-refractivity contribution in [1.29, 1.82) is 0 Å². The molecule has 0 radical (unpaired) electrons. The van der Waals surface area contributed by atoms with Crippen molar-refractivity contribution in [3.8, 4) is 0 Å². The number of carbonyl (C=O) groups is 2. The fourth-order valence-electron chi connectivity index (χ4n) is 8.46. The number of ether oxygens (including phenoxy) is 2. The Morgan fingerprint density at radius 2 is 1.74 bits per heavy atom. The first-order valence-corrected chi connectivity index (χ1v) is 12.7. The Kier molecular flexibility index (Phi) is 7.68. The molecule has 8 nitrogen and oxygen atoms in total. The summed E-state index contributed by atoms with van der Waals surface area (Å²) in [6, 6.07) is 0. The first kappa shape index (κ1) is 27.0. The second-order valence-corrected chi connectivity index (χ2v) is 11.8. The maximum Gasteiger partial charge on any atom is 1.00 e. The summed E-state index contributed by atoms with van der Waals surface area (Å²) in [4.78, 5) is 23.9. The number of aliphatic hydroxyl groups is 3. The Morgan fingerprint density at radius 1 is 1.00 bits per heavy atom. The Labute approximate surface area is 223 Å². The predicted octanol–water partition coefficient (Wildman–Crippen LogP) is -2.46. The molecule has 12 atom stereocenters. The van der Waals surface area contributed by atoms with Gasteiger partial charge in [0.05, 0.1) is 12.1 Å². The van der Waals surface area contributed by atoms with Crippen LogP contribution < -0.4 is 34.7 Å². The molecule has 5 rings (SSSR count). The molecular formula is C25H37NaO8. The number of hydrogen-bond donors (Lipinski definition) is 3. The van der Waals surface area contributed by atoms with Crippen molar-refractivity contribution in [2.45, 2.75) is 108 Å². The number of Topliss-reactive ketones (excluding diaryl/α,β-unsaturated/α-hetero) is 1. The van der Waals surface area contributed by atoms with Gasteiger partial charge in [-0.05, 0) is 80.5 Å². The molecule has 1 aliphatic heterocycles. The topological polar surface area (TPSA) is 136 Å². The summed E-state index contributed by atoms with van der Waals surface area (Å²) in [7, 11) is 0. The van der Waals surface area contributed by atoms with E-state index >= 15 is 0 Å². The zero-order valence-electron chi connectivity index (χ0n) is 20.5. The van der Waals surface area contributed by atoms with E-state index in [4.69, 9.17) is 9.47 Å². The van der Waals surface area contributed by atoms with Gasteiger partial charge in [0.1, 0.15) is 30.2 Å². The summed E-state index contributed by atoms with van der Waals surface area (Å²) in [6.07, 6.45) is 0.333. The third-order valence-electron chi connectivity index (χ3n) is 10.5. The Morgan fingerprint density at radius 3 is 2.44 bits per heavy atom. The number of carbonyl (C=O) groups excluding carboxylic acids is 2. The molecular weight excluding hydrogens is 451 g/mol. The van der Waals surface area contributed by atoms with E-state index in [0.717, 1.165) is 57.8 Å². The molecule has 34 heavy (non-hydrogen) atoms. The molecule has 0 aromatic carbocycles. The number of aliphatic hydroxyl groups excluding tert-OH is 3. The van der Waals surface area contributed by atoms with Gasteiger partial charge >= 0.3 is 29.6 Å². The Hall–Kier alpha value is -0.0600. The van der Waals surface area contributed by atoms with Crippen LogP contribution in [-0.2, 0) is 19.1 Å². The molecule has 1 saturated heterocycles. The average molecular weight is 489 g/mol. The van der Waals surface area contributed by atoms with E-state index < -0.39 is 36.7 Å². The van der Waals surface area contributed by atoms with E-state index in [1.165, 1.54) is 0 Å². The fraction of sp³-hybridized carbons (Fsp3) is 0.920. The van der Waals surface area contributed by atoms with Crippen LogP contribution in [0.2, 0.25) is 0 Å². The number of fused-ring (bicyclic) bond motifs is 5. The molecule has 0 aromatic rings. The van der Waals surface area contributed by atoms with Crippen LogP contribution in [0.1, 0.15) is 71.6 Å². The summed E-state index contributed by atoms with van der Waals surface area (Å²) in [6.45, 7) is 4.60. The van der Waals surface area contributed by atoms with Crippen LogP contribution in [-0.4, -0.2) is 63.9 Å². The zero-order valence-corrected chi connectivity index (χ0v) is 22.5. The van der Waals surface area contributed by atoms with Crippen molar-refractivity contribution in [3.63, 3.8) is 0 Å². The summed E-state index contributed by atoms with van der Waals surface area (Å²) in [5, 5.41) is 41.5. The van der Waals surface area contributed by atoms with Crippen LogP contribution in [0.4, 0.5) is 0 Å². The van der Waals surface area contributed by atoms with Crippen LogP contribution in [0.25, 0.3) is 0 Å². The molecule has 0 aromatic heterocycles. The van der Waals surface area contributed by atoms with Gasteiger partial charge in [-0.15, -0.1) is 0 Å². The second kappa shape index (κ2) is 9.67. The standard InChI is InChI=1S/C25H38O8.Na/c1-24-9-7-13(32-23-20(29)18(27)19(28)21(33-23)22(30)31)11-12(24)3-4-14-15-5-6-17(26)25(15,2)10-8-16(14)24;/h12-16,18-21,23,27-29H,3-11H2,1-2H3,(H,30,31);/q;+1/p-1/t12-,13-,14+,15+,16+,18+,19+,20-,21+,23-,24+,25+;/m1./s1.